The first-order valence-corrected chi connectivity index (χ1v) is 9.92. The van der Waals surface area contributed by atoms with Gasteiger partial charge in [-0.2, -0.15) is 18.3 Å². The largest absolute Gasteiger partial charge is 0.490 e. The van der Waals surface area contributed by atoms with E-state index in [0.29, 0.717) is 5.82 Å². The molecule has 0 unspecified atom stereocenters. The summed E-state index contributed by atoms with van der Waals surface area (Å²) in [5, 5.41) is 14.6. The molecule has 0 saturated carbocycles. The number of halogens is 3. The van der Waals surface area contributed by atoms with E-state index in [9.17, 15) is 18.0 Å². The molecule has 3 aromatic rings. The summed E-state index contributed by atoms with van der Waals surface area (Å²) in [7, 11) is 1.83. The molecular weight excluding hydrogens is 439 g/mol. The molecule has 178 valence electrons. The molecule has 0 aliphatic rings. The Labute approximate surface area is 189 Å². The van der Waals surface area contributed by atoms with Crippen molar-refractivity contribution in [2.75, 3.05) is 5.32 Å². The Bertz CT molecular complexity index is 1110. The molecule has 11 heteroatoms. The minimum absolute atomic E-state index is 0.0668. The van der Waals surface area contributed by atoms with E-state index >= 15 is 0 Å². The number of hydrogen-bond acceptors (Lipinski definition) is 4. The maximum atomic E-state index is 12.6. The molecule has 1 amide bonds. The molecule has 2 N–H and O–H groups in total. The third-order valence-corrected chi connectivity index (χ3v) is 4.40. The van der Waals surface area contributed by atoms with Crippen LogP contribution in [-0.2, 0) is 28.6 Å². The number of carbonyl (C=O) groups excluding carboxylic acids is 1. The van der Waals surface area contributed by atoms with Gasteiger partial charge in [-0.25, -0.2) is 9.78 Å². The summed E-state index contributed by atoms with van der Waals surface area (Å²) in [5.74, 6) is -1.38. The second-order valence-electron chi connectivity index (χ2n) is 8.34. The molecule has 0 aliphatic heterocycles. The Balaban J connectivity index is 0.000000479. The zero-order valence-electron chi connectivity index (χ0n) is 18.9. The number of aliphatic carboxylic acids is 1. The average molecular weight is 465 g/mol. The van der Waals surface area contributed by atoms with Gasteiger partial charge in [-0.05, 0) is 6.92 Å². The first-order valence-electron chi connectivity index (χ1n) is 9.92. The fourth-order valence-corrected chi connectivity index (χ4v) is 2.77. The van der Waals surface area contributed by atoms with Gasteiger partial charge in [0, 0.05) is 30.3 Å². The predicted molar refractivity (Wildman–Crippen MR) is 117 cm³/mol. The molecule has 2 aromatic heterocycles. The number of carboxylic acids is 1. The number of aryl methyl sites for hydroxylation is 2. The van der Waals surface area contributed by atoms with Crippen LogP contribution in [0.1, 0.15) is 32.2 Å². The molecule has 8 nitrogen and oxygen atoms in total. The van der Waals surface area contributed by atoms with Crippen LogP contribution in [-0.4, -0.2) is 42.5 Å². The molecule has 1 aromatic carbocycles. The number of nitrogens with one attached hydrogen (secondary N) is 1. The lowest BCUT2D eigenvalue weighted by molar-refractivity contribution is -0.192. The van der Waals surface area contributed by atoms with Crippen LogP contribution in [0, 0.1) is 6.92 Å². The van der Waals surface area contributed by atoms with Gasteiger partial charge in [0.2, 0.25) is 5.91 Å². The normalized spacial score (nSPS) is 11.5. The second-order valence-corrected chi connectivity index (χ2v) is 8.34. The average Bonchev–Trinajstić information content (AvgIpc) is 3.24. The second kappa shape index (κ2) is 9.88. The minimum atomic E-state index is -5.08. The van der Waals surface area contributed by atoms with Gasteiger partial charge in [0.25, 0.3) is 0 Å². The Hall–Kier alpha value is -3.63. The van der Waals surface area contributed by atoms with Gasteiger partial charge in [0.05, 0.1) is 11.4 Å². The summed E-state index contributed by atoms with van der Waals surface area (Å²) in [6, 6.07) is 11.8. The van der Waals surface area contributed by atoms with Gasteiger partial charge >= 0.3 is 12.1 Å². The van der Waals surface area contributed by atoms with Crippen LogP contribution in [0.4, 0.5) is 19.0 Å². The van der Waals surface area contributed by atoms with Crippen LogP contribution >= 0.6 is 0 Å². The quantitative estimate of drug-likeness (QED) is 0.602. The van der Waals surface area contributed by atoms with E-state index in [-0.39, 0.29) is 17.9 Å². The van der Waals surface area contributed by atoms with Crippen molar-refractivity contribution in [2.24, 2.45) is 7.05 Å². The predicted octanol–water partition coefficient (Wildman–Crippen LogP) is 4.16. The number of carboxylic acid groups (broad SMARTS) is 1. The van der Waals surface area contributed by atoms with Gasteiger partial charge in [0.15, 0.2) is 0 Å². The van der Waals surface area contributed by atoms with Crippen molar-refractivity contribution in [3.8, 4) is 11.4 Å². The number of anilines is 1. The van der Waals surface area contributed by atoms with E-state index in [4.69, 9.17) is 9.90 Å². The number of benzene rings is 1. The van der Waals surface area contributed by atoms with Gasteiger partial charge in [0.1, 0.15) is 18.2 Å². The van der Waals surface area contributed by atoms with E-state index in [0.717, 1.165) is 22.8 Å². The van der Waals surface area contributed by atoms with Gasteiger partial charge < -0.3 is 15.0 Å². The number of nitrogens with zero attached hydrogens (tertiary/aromatic N) is 4. The lowest BCUT2D eigenvalue weighted by atomic mass is 9.92. The van der Waals surface area contributed by atoms with Gasteiger partial charge in [-0.15, -0.1) is 0 Å². The molecular formula is C22H26F3N5O3. The number of amides is 1. The van der Waals surface area contributed by atoms with Crippen LogP contribution in [0.3, 0.4) is 0 Å². The van der Waals surface area contributed by atoms with Crippen LogP contribution in [0.25, 0.3) is 11.4 Å². The highest BCUT2D eigenvalue weighted by atomic mass is 19.4. The maximum absolute atomic E-state index is 12.6. The summed E-state index contributed by atoms with van der Waals surface area (Å²) in [4.78, 5) is 26.0. The molecule has 0 atom stereocenters. The highest BCUT2D eigenvalue weighted by molar-refractivity contribution is 5.90. The summed E-state index contributed by atoms with van der Waals surface area (Å²) < 4.78 is 35.3. The first-order chi connectivity index (χ1) is 15.2. The zero-order valence-corrected chi connectivity index (χ0v) is 18.9. The summed E-state index contributed by atoms with van der Waals surface area (Å²) in [6.07, 6.45) is -3.19. The van der Waals surface area contributed by atoms with E-state index < -0.39 is 12.1 Å². The van der Waals surface area contributed by atoms with Crippen LogP contribution in [0.2, 0.25) is 0 Å². The topological polar surface area (TPSA) is 102 Å². The zero-order chi connectivity index (χ0) is 25.0. The fourth-order valence-electron chi connectivity index (χ4n) is 2.77. The smallest absolute Gasteiger partial charge is 0.475 e. The van der Waals surface area contributed by atoms with Crippen molar-refractivity contribution in [1.82, 2.24) is 19.3 Å². The standard InChI is InChI=1S/C20H25N5O.C2HF3O2/c1-14-12-25(19(21-14)15-9-7-6-8-10-15)13-18(26)22-17-11-16(20(2,3)4)23-24(17)5;3-2(4,5)1(6)7/h6-12H,13H2,1-5H3,(H,22,26);(H,6,7). The fraction of sp³-hybridized carbons (Fsp3) is 0.364. The Morgan fingerprint density at radius 1 is 1.12 bits per heavy atom. The summed E-state index contributed by atoms with van der Waals surface area (Å²) in [5.41, 5.74) is 2.75. The molecule has 0 spiro atoms. The van der Waals surface area contributed by atoms with Gasteiger partial charge in [-0.3, -0.25) is 9.48 Å². The molecule has 0 aliphatic carbocycles. The van der Waals surface area contributed by atoms with Crippen LogP contribution in [0.15, 0.2) is 42.6 Å². The molecule has 0 radical (unpaired) electrons. The number of rotatable bonds is 4. The third kappa shape index (κ3) is 7.19. The number of alkyl halides is 3. The van der Waals surface area contributed by atoms with Crippen molar-refractivity contribution < 1.29 is 27.9 Å². The van der Waals surface area contributed by atoms with Crippen molar-refractivity contribution in [3.63, 3.8) is 0 Å². The van der Waals surface area contributed by atoms with Crippen LogP contribution < -0.4 is 5.32 Å². The lowest BCUT2D eigenvalue weighted by Gasteiger charge is -2.13. The van der Waals surface area contributed by atoms with Gasteiger partial charge in [-0.1, -0.05) is 51.1 Å². The van der Waals surface area contributed by atoms with Crippen molar-refractivity contribution >= 4 is 17.7 Å². The van der Waals surface area contributed by atoms with Crippen LogP contribution in [0.5, 0.6) is 0 Å². The van der Waals surface area contributed by atoms with E-state index in [1.165, 1.54) is 0 Å². The number of aromatic nitrogens is 4. The van der Waals surface area contributed by atoms with Crippen molar-refractivity contribution in [2.45, 2.75) is 45.8 Å². The molecule has 0 bridgehead atoms. The monoisotopic (exact) mass is 465 g/mol. The lowest BCUT2D eigenvalue weighted by Crippen LogP contribution is -2.21. The van der Waals surface area contributed by atoms with Crippen molar-refractivity contribution in [1.29, 1.82) is 0 Å². The Kier molecular flexibility index (Phi) is 7.68. The Morgan fingerprint density at radius 2 is 1.70 bits per heavy atom. The summed E-state index contributed by atoms with van der Waals surface area (Å²) >= 11 is 0. The molecule has 33 heavy (non-hydrogen) atoms. The van der Waals surface area contributed by atoms with E-state index in [1.807, 2.05) is 61.1 Å². The van der Waals surface area contributed by atoms with E-state index in [2.05, 4.69) is 36.2 Å². The molecule has 0 fully saturated rings. The number of hydrogen-bond donors (Lipinski definition) is 2. The van der Waals surface area contributed by atoms with Crippen molar-refractivity contribution in [3.05, 3.63) is 54.0 Å². The number of carbonyl (C=O) groups is 2. The maximum Gasteiger partial charge on any atom is 0.490 e. The minimum Gasteiger partial charge on any atom is -0.475 e. The molecule has 3 rings (SSSR count). The highest BCUT2D eigenvalue weighted by Crippen LogP contribution is 2.24. The summed E-state index contributed by atoms with van der Waals surface area (Å²) in [6.45, 7) is 8.42. The highest BCUT2D eigenvalue weighted by Gasteiger charge is 2.38. The Morgan fingerprint density at radius 3 is 2.18 bits per heavy atom. The molecule has 0 saturated heterocycles. The number of imidazole rings is 1. The van der Waals surface area contributed by atoms with E-state index in [1.54, 1.807) is 4.68 Å². The molecule has 2 heterocycles. The SMILES string of the molecule is Cc1cn(CC(=O)Nc2cc(C(C)(C)C)nn2C)c(-c2ccccc2)n1.O=C(O)C(F)(F)F. The third-order valence-electron chi connectivity index (χ3n) is 4.40. The first kappa shape index (κ1) is 25.6.